The average molecular weight is 400 g/mol. The van der Waals surface area contributed by atoms with Crippen molar-refractivity contribution in [3.8, 4) is 6.07 Å². The highest BCUT2D eigenvalue weighted by atomic mass is 79.9. The van der Waals surface area contributed by atoms with Crippen LogP contribution in [-0.2, 0) is 0 Å². The molecular weight excluding hydrogens is 386 g/mol. The maximum Gasteiger partial charge on any atom is 0.152 e. The molecule has 2 aromatic carbocycles. The molecule has 0 saturated heterocycles. The minimum atomic E-state index is -0.286. The molecule has 3 aromatic rings. The lowest BCUT2D eigenvalue weighted by Crippen LogP contribution is -2.05. The van der Waals surface area contributed by atoms with Gasteiger partial charge in [-0.2, -0.15) is 5.26 Å². The number of nitriles is 1. The van der Waals surface area contributed by atoms with Crippen molar-refractivity contribution in [3.05, 3.63) is 64.6 Å². The van der Waals surface area contributed by atoms with Crippen LogP contribution in [-0.4, -0.2) is 20.3 Å². The number of para-hydroxylation sites is 2. The van der Waals surface area contributed by atoms with Gasteiger partial charge in [-0.15, -0.1) is 11.8 Å². The molecule has 120 valence electrons. The molecular formula is C18H14BrN3OS. The van der Waals surface area contributed by atoms with Crippen LogP contribution in [0.4, 0.5) is 0 Å². The fourth-order valence-electron chi connectivity index (χ4n) is 2.29. The number of nitrogens with zero attached hydrogens (tertiary/aromatic N) is 2. The quantitative estimate of drug-likeness (QED) is 0.354. The Balaban J connectivity index is 1.95. The zero-order chi connectivity index (χ0) is 17.1. The fourth-order valence-corrected chi connectivity index (χ4v) is 3.81. The number of fused-ring (bicyclic) bond motifs is 1. The summed E-state index contributed by atoms with van der Waals surface area (Å²) >= 11 is 4.97. The molecule has 0 aliphatic carbocycles. The topological polar surface area (TPSA) is 72.7 Å². The minimum absolute atomic E-state index is 0.0114. The van der Waals surface area contributed by atoms with Gasteiger partial charge in [0.25, 0.3) is 0 Å². The zero-order valence-electron chi connectivity index (χ0n) is 12.8. The maximum atomic E-state index is 10.6. The van der Waals surface area contributed by atoms with E-state index in [1.54, 1.807) is 0 Å². The summed E-state index contributed by atoms with van der Waals surface area (Å²) in [7, 11) is 0. The summed E-state index contributed by atoms with van der Waals surface area (Å²) in [5.74, 6) is 0.396. The SMILES string of the molecule is CC(Sc1ccccc1Br)/C(O)=C(/C#N)c1nc2ccccc2[nH]1. The standard InChI is InChI=1S/C18H14BrN3OS/c1-11(24-16-9-5-2-6-13(16)19)17(23)12(10-20)18-21-14-7-3-4-8-15(14)22-18/h2-9,11,23H,1H3,(H,21,22)/b17-12+. The van der Waals surface area contributed by atoms with E-state index in [1.165, 1.54) is 11.8 Å². The van der Waals surface area contributed by atoms with Crippen LogP contribution in [0.5, 0.6) is 0 Å². The Kier molecular flexibility index (Phi) is 4.93. The van der Waals surface area contributed by atoms with Gasteiger partial charge >= 0.3 is 0 Å². The van der Waals surface area contributed by atoms with Crippen molar-refractivity contribution >= 4 is 44.3 Å². The Labute approximate surface area is 152 Å². The van der Waals surface area contributed by atoms with Gasteiger partial charge < -0.3 is 10.1 Å². The normalized spacial score (nSPS) is 13.4. The second kappa shape index (κ2) is 7.12. The maximum absolute atomic E-state index is 10.6. The minimum Gasteiger partial charge on any atom is -0.510 e. The molecule has 1 atom stereocenters. The number of aromatic amines is 1. The molecule has 0 radical (unpaired) electrons. The van der Waals surface area contributed by atoms with E-state index in [-0.39, 0.29) is 16.6 Å². The fraction of sp³-hybridized carbons (Fsp3) is 0.111. The number of aliphatic hydroxyl groups is 1. The number of nitrogens with one attached hydrogen (secondary N) is 1. The van der Waals surface area contributed by atoms with E-state index in [1.807, 2.05) is 55.5 Å². The number of allylic oxidation sites excluding steroid dienone is 1. The number of benzene rings is 2. The Hall–Kier alpha value is -2.23. The van der Waals surface area contributed by atoms with Crippen molar-refractivity contribution in [1.29, 1.82) is 5.26 Å². The molecule has 0 bridgehead atoms. The molecule has 1 unspecified atom stereocenters. The molecule has 0 fully saturated rings. The highest BCUT2D eigenvalue weighted by Gasteiger charge is 2.19. The van der Waals surface area contributed by atoms with Gasteiger partial charge in [-0.1, -0.05) is 24.3 Å². The number of H-pyrrole nitrogens is 1. The second-order valence-electron chi connectivity index (χ2n) is 5.17. The van der Waals surface area contributed by atoms with E-state index in [4.69, 9.17) is 0 Å². The number of aliphatic hydroxyl groups excluding tert-OH is 1. The van der Waals surface area contributed by atoms with E-state index >= 15 is 0 Å². The first-order chi connectivity index (χ1) is 11.6. The van der Waals surface area contributed by atoms with Crippen molar-refractivity contribution in [1.82, 2.24) is 9.97 Å². The van der Waals surface area contributed by atoms with Gasteiger partial charge in [-0.25, -0.2) is 4.98 Å². The highest BCUT2D eigenvalue weighted by Crippen LogP contribution is 2.34. The second-order valence-corrected chi connectivity index (χ2v) is 7.40. The lowest BCUT2D eigenvalue weighted by atomic mass is 10.2. The molecule has 4 nitrogen and oxygen atoms in total. The van der Waals surface area contributed by atoms with E-state index in [0.29, 0.717) is 5.82 Å². The molecule has 0 aliphatic rings. The van der Waals surface area contributed by atoms with Gasteiger partial charge in [-0.3, -0.25) is 0 Å². The first-order valence-electron chi connectivity index (χ1n) is 7.29. The molecule has 0 spiro atoms. The summed E-state index contributed by atoms with van der Waals surface area (Å²) in [4.78, 5) is 8.48. The lowest BCUT2D eigenvalue weighted by Gasteiger charge is -2.12. The van der Waals surface area contributed by atoms with Gasteiger partial charge in [0.05, 0.1) is 16.3 Å². The van der Waals surface area contributed by atoms with Crippen LogP contribution in [0.1, 0.15) is 12.7 Å². The monoisotopic (exact) mass is 399 g/mol. The molecule has 0 aliphatic heterocycles. The summed E-state index contributed by atoms with van der Waals surface area (Å²) in [5.41, 5.74) is 1.76. The third kappa shape index (κ3) is 3.32. The third-order valence-corrected chi connectivity index (χ3v) is 5.66. The van der Waals surface area contributed by atoms with Crippen molar-refractivity contribution in [2.45, 2.75) is 17.1 Å². The number of halogens is 1. The summed E-state index contributed by atoms with van der Waals surface area (Å²) in [6.07, 6.45) is 0. The van der Waals surface area contributed by atoms with Crippen molar-refractivity contribution in [2.75, 3.05) is 0 Å². The summed E-state index contributed by atoms with van der Waals surface area (Å²) in [6, 6.07) is 17.4. The smallest absolute Gasteiger partial charge is 0.152 e. The van der Waals surface area contributed by atoms with Crippen LogP contribution < -0.4 is 0 Å². The number of imidazole rings is 1. The van der Waals surface area contributed by atoms with E-state index in [2.05, 4.69) is 32.0 Å². The first kappa shape index (κ1) is 16.6. The van der Waals surface area contributed by atoms with Crippen LogP contribution >= 0.6 is 27.7 Å². The molecule has 0 saturated carbocycles. The predicted molar refractivity (Wildman–Crippen MR) is 101 cm³/mol. The van der Waals surface area contributed by atoms with Crippen molar-refractivity contribution in [3.63, 3.8) is 0 Å². The van der Waals surface area contributed by atoms with Gasteiger partial charge in [0, 0.05) is 9.37 Å². The first-order valence-corrected chi connectivity index (χ1v) is 8.97. The van der Waals surface area contributed by atoms with Crippen LogP contribution in [0.2, 0.25) is 0 Å². The van der Waals surface area contributed by atoms with Gasteiger partial charge in [0.15, 0.2) is 5.82 Å². The molecule has 24 heavy (non-hydrogen) atoms. The van der Waals surface area contributed by atoms with Gasteiger partial charge in [0.1, 0.15) is 17.4 Å². The summed E-state index contributed by atoms with van der Waals surface area (Å²) in [6.45, 7) is 1.86. The number of aromatic nitrogens is 2. The van der Waals surface area contributed by atoms with Crippen LogP contribution in [0.3, 0.4) is 0 Å². The Bertz CT molecular complexity index is 925. The van der Waals surface area contributed by atoms with Gasteiger partial charge in [0.2, 0.25) is 0 Å². The van der Waals surface area contributed by atoms with E-state index in [9.17, 15) is 10.4 Å². The molecule has 1 aromatic heterocycles. The Morgan fingerprint density at radius 3 is 2.67 bits per heavy atom. The lowest BCUT2D eigenvalue weighted by molar-refractivity contribution is 0.402. The largest absolute Gasteiger partial charge is 0.510 e. The predicted octanol–water partition coefficient (Wildman–Crippen LogP) is 5.30. The average Bonchev–Trinajstić information content (AvgIpc) is 3.01. The molecule has 0 amide bonds. The van der Waals surface area contributed by atoms with Crippen molar-refractivity contribution in [2.24, 2.45) is 0 Å². The van der Waals surface area contributed by atoms with E-state index in [0.717, 1.165) is 20.4 Å². The number of thioether (sulfide) groups is 1. The number of hydrogen-bond donors (Lipinski definition) is 2. The molecule has 3 rings (SSSR count). The van der Waals surface area contributed by atoms with Crippen LogP contribution in [0.25, 0.3) is 16.6 Å². The highest BCUT2D eigenvalue weighted by molar-refractivity contribution is 9.10. The Morgan fingerprint density at radius 1 is 1.25 bits per heavy atom. The molecule has 1 heterocycles. The Morgan fingerprint density at radius 2 is 1.96 bits per heavy atom. The number of hydrogen-bond acceptors (Lipinski definition) is 4. The number of rotatable bonds is 4. The molecule has 2 N–H and O–H groups in total. The van der Waals surface area contributed by atoms with Crippen LogP contribution in [0, 0.1) is 11.3 Å². The summed E-state index contributed by atoms with van der Waals surface area (Å²) in [5, 5.41) is 19.8. The molecule has 6 heteroatoms. The summed E-state index contributed by atoms with van der Waals surface area (Å²) < 4.78 is 0.955. The van der Waals surface area contributed by atoms with Crippen LogP contribution in [0.15, 0.2) is 63.7 Å². The van der Waals surface area contributed by atoms with E-state index < -0.39 is 0 Å². The van der Waals surface area contributed by atoms with Gasteiger partial charge in [-0.05, 0) is 47.1 Å². The van der Waals surface area contributed by atoms with Crippen molar-refractivity contribution < 1.29 is 5.11 Å². The third-order valence-electron chi connectivity index (χ3n) is 3.52. The zero-order valence-corrected chi connectivity index (χ0v) is 15.2.